The van der Waals surface area contributed by atoms with Gasteiger partial charge < -0.3 is 5.32 Å². The standard InChI is InChI=1S/C15H18N4O3S/c1-3-18-10-13(8-16-18)23(21,22)19-9-12-6-4-5-7-14(12)17-15(20)11(19)2/h4-8,10-11H,3,9H2,1-2H3,(H,17,20). The van der Waals surface area contributed by atoms with Gasteiger partial charge in [0.2, 0.25) is 15.9 Å². The molecule has 1 N–H and O–H groups in total. The fraction of sp³-hybridized carbons (Fsp3) is 0.333. The van der Waals surface area contributed by atoms with E-state index in [0.29, 0.717) is 12.2 Å². The molecule has 1 aromatic heterocycles. The minimum Gasteiger partial charge on any atom is -0.324 e. The normalized spacial score (nSPS) is 19.0. The lowest BCUT2D eigenvalue weighted by Gasteiger charge is -2.24. The van der Waals surface area contributed by atoms with Crippen LogP contribution in [0.15, 0.2) is 41.6 Å². The van der Waals surface area contributed by atoms with Crippen molar-refractivity contribution in [1.82, 2.24) is 14.1 Å². The molecule has 0 radical (unpaired) electrons. The number of nitrogens with zero attached hydrogens (tertiary/aromatic N) is 3. The van der Waals surface area contributed by atoms with Crippen molar-refractivity contribution < 1.29 is 13.2 Å². The Hall–Kier alpha value is -2.19. The Labute approximate surface area is 135 Å². The molecule has 1 unspecified atom stereocenters. The number of carbonyl (C=O) groups is 1. The van der Waals surface area contributed by atoms with Crippen molar-refractivity contribution in [1.29, 1.82) is 0 Å². The Balaban J connectivity index is 2.04. The predicted molar refractivity (Wildman–Crippen MR) is 85.2 cm³/mol. The van der Waals surface area contributed by atoms with Gasteiger partial charge in [0.1, 0.15) is 10.9 Å². The van der Waals surface area contributed by atoms with Crippen LogP contribution < -0.4 is 5.32 Å². The average molecular weight is 334 g/mol. The number of nitrogens with one attached hydrogen (secondary N) is 1. The average Bonchev–Trinajstić information content (AvgIpc) is 2.98. The van der Waals surface area contributed by atoms with Crippen LogP contribution in [0.1, 0.15) is 19.4 Å². The maximum Gasteiger partial charge on any atom is 0.247 e. The van der Waals surface area contributed by atoms with E-state index < -0.39 is 16.1 Å². The van der Waals surface area contributed by atoms with Crippen molar-refractivity contribution in [3.8, 4) is 0 Å². The molecule has 1 aromatic carbocycles. The van der Waals surface area contributed by atoms with E-state index in [0.717, 1.165) is 5.56 Å². The first kappa shape index (κ1) is 15.7. The highest BCUT2D eigenvalue weighted by Gasteiger charge is 2.36. The van der Waals surface area contributed by atoms with E-state index in [1.165, 1.54) is 16.7 Å². The topological polar surface area (TPSA) is 84.3 Å². The number of fused-ring (bicyclic) bond motifs is 1. The molecule has 0 saturated carbocycles. The van der Waals surface area contributed by atoms with Crippen molar-refractivity contribution >= 4 is 21.6 Å². The smallest absolute Gasteiger partial charge is 0.247 e. The summed E-state index contributed by atoms with van der Waals surface area (Å²) in [5, 5.41) is 6.79. The van der Waals surface area contributed by atoms with Crippen LogP contribution in [0.2, 0.25) is 0 Å². The van der Waals surface area contributed by atoms with Gasteiger partial charge in [-0.1, -0.05) is 18.2 Å². The molecule has 1 atom stereocenters. The molecular weight excluding hydrogens is 316 g/mol. The lowest BCUT2D eigenvalue weighted by atomic mass is 10.2. The van der Waals surface area contributed by atoms with E-state index in [4.69, 9.17) is 0 Å². The summed E-state index contributed by atoms with van der Waals surface area (Å²) in [4.78, 5) is 12.4. The van der Waals surface area contributed by atoms with E-state index in [9.17, 15) is 13.2 Å². The summed E-state index contributed by atoms with van der Waals surface area (Å²) < 4.78 is 28.6. The Morgan fingerprint density at radius 1 is 1.35 bits per heavy atom. The first-order valence-electron chi connectivity index (χ1n) is 7.36. The minimum atomic E-state index is -3.81. The largest absolute Gasteiger partial charge is 0.324 e. The fourth-order valence-corrected chi connectivity index (χ4v) is 4.06. The van der Waals surface area contributed by atoms with E-state index in [1.54, 1.807) is 23.7 Å². The van der Waals surface area contributed by atoms with Crippen molar-refractivity contribution in [2.24, 2.45) is 0 Å². The quantitative estimate of drug-likeness (QED) is 0.920. The molecule has 7 nitrogen and oxygen atoms in total. The van der Waals surface area contributed by atoms with Crippen LogP contribution in [-0.2, 0) is 27.9 Å². The highest BCUT2D eigenvalue weighted by Crippen LogP contribution is 2.27. The summed E-state index contributed by atoms with van der Waals surface area (Å²) in [6.07, 6.45) is 2.80. The molecule has 0 bridgehead atoms. The number of anilines is 1. The minimum absolute atomic E-state index is 0.0957. The van der Waals surface area contributed by atoms with Crippen LogP contribution in [0, 0.1) is 0 Å². The maximum absolute atomic E-state index is 12.9. The van der Waals surface area contributed by atoms with E-state index in [2.05, 4.69) is 10.4 Å². The summed E-state index contributed by atoms with van der Waals surface area (Å²) in [5.74, 6) is -0.346. The maximum atomic E-state index is 12.9. The lowest BCUT2D eigenvalue weighted by molar-refractivity contribution is -0.119. The first-order chi connectivity index (χ1) is 10.9. The van der Waals surface area contributed by atoms with Crippen LogP contribution >= 0.6 is 0 Å². The monoisotopic (exact) mass is 334 g/mol. The van der Waals surface area contributed by atoms with Crippen molar-refractivity contribution in [3.63, 3.8) is 0 Å². The zero-order chi connectivity index (χ0) is 16.6. The summed E-state index contributed by atoms with van der Waals surface area (Å²) in [5.41, 5.74) is 1.41. The zero-order valence-electron chi connectivity index (χ0n) is 12.9. The summed E-state index contributed by atoms with van der Waals surface area (Å²) in [7, 11) is -3.81. The van der Waals surface area contributed by atoms with E-state index >= 15 is 0 Å². The molecule has 122 valence electrons. The second-order valence-electron chi connectivity index (χ2n) is 5.40. The van der Waals surface area contributed by atoms with E-state index in [-0.39, 0.29) is 17.3 Å². The third-order valence-corrected chi connectivity index (χ3v) is 5.82. The number of carbonyl (C=O) groups excluding carboxylic acids is 1. The van der Waals surface area contributed by atoms with E-state index in [1.807, 2.05) is 19.1 Å². The fourth-order valence-electron chi connectivity index (χ4n) is 2.53. The molecule has 8 heteroatoms. The molecular formula is C15H18N4O3S. The number of aryl methyl sites for hydroxylation is 1. The summed E-state index contributed by atoms with van der Waals surface area (Å²) in [6, 6.07) is 6.40. The number of benzene rings is 1. The molecule has 23 heavy (non-hydrogen) atoms. The molecule has 0 aliphatic carbocycles. The van der Waals surface area contributed by atoms with Crippen molar-refractivity contribution in [2.75, 3.05) is 5.32 Å². The van der Waals surface area contributed by atoms with Gasteiger partial charge in [-0.05, 0) is 25.5 Å². The number of rotatable bonds is 3. The SMILES string of the molecule is CCn1cc(S(=O)(=O)N2Cc3ccccc3NC(=O)C2C)cn1. The van der Waals surface area contributed by atoms with Crippen LogP contribution in [0.4, 0.5) is 5.69 Å². The van der Waals surface area contributed by atoms with Crippen LogP contribution in [0.5, 0.6) is 0 Å². The molecule has 0 spiro atoms. The molecule has 2 aromatic rings. The van der Waals surface area contributed by atoms with Gasteiger partial charge in [0, 0.05) is 25.0 Å². The van der Waals surface area contributed by atoms with Gasteiger partial charge >= 0.3 is 0 Å². The van der Waals surface area contributed by atoms with Crippen LogP contribution in [0.25, 0.3) is 0 Å². The van der Waals surface area contributed by atoms with Gasteiger partial charge in [-0.25, -0.2) is 8.42 Å². The van der Waals surface area contributed by atoms with Gasteiger partial charge in [0.25, 0.3) is 0 Å². The summed E-state index contributed by atoms with van der Waals surface area (Å²) >= 11 is 0. The molecule has 2 heterocycles. The number of hydrogen-bond donors (Lipinski definition) is 1. The number of sulfonamides is 1. The number of amides is 1. The molecule has 3 rings (SSSR count). The Kier molecular flexibility index (Phi) is 3.95. The zero-order valence-corrected chi connectivity index (χ0v) is 13.7. The van der Waals surface area contributed by atoms with Crippen LogP contribution in [-0.4, -0.2) is 34.5 Å². The van der Waals surface area contributed by atoms with Gasteiger partial charge in [-0.3, -0.25) is 9.48 Å². The third-order valence-electron chi connectivity index (χ3n) is 3.95. The second-order valence-corrected chi connectivity index (χ2v) is 7.29. The third kappa shape index (κ3) is 2.75. The number of aromatic nitrogens is 2. The van der Waals surface area contributed by atoms with Gasteiger partial charge in [-0.2, -0.15) is 9.40 Å². The van der Waals surface area contributed by atoms with Crippen molar-refractivity contribution in [3.05, 3.63) is 42.2 Å². The number of hydrogen-bond acceptors (Lipinski definition) is 4. The highest BCUT2D eigenvalue weighted by atomic mass is 32.2. The summed E-state index contributed by atoms with van der Waals surface area (Å²) in [6.45, 7) is 4.18. The number of para-hydroxylation sites is 1. The van der Waals surface area contributed by atoms with Gasteiger partial charge in [0.15, 0.2) is 0 Å². The Bertz CT molecular complexity index is 844. The molecule has 1 amide bonds. The van der Waals surface area contributed by atoms with Crippen molar-refractivity contribution in [2.45, 2.75) is 37.9 Å². The molecule has 0 saturated heterocycles. The Morgan fingerprint density at radius 2 is 2.09 bits per heavy atom. The van der Waals surface area contributed by atoms with Gasteiger partial charge in [-0.15, -0.1) is 0 Å². The Morgan fingerprint density at radius 3 is 2.78 bits per heavy atom. The first-order valence-corrected chi connectivity index (χ1v) is 8.80. The molecule has 1 aliphatic rings. The predicted octanol–water partition coefficient (Wildman–Crippen LogP) is 1.43. The lowest BCUT2D eigenvalue weighted by Crippen LogP contribution is -2.43. The highest BCUT2D eigenvalue weighted by molar-refractivity contribution is 7.89. The van der Waals surface area contributed by atoms with Crippen LogP contribution in [0.3, 0.4) is 0 Å². The second kappa shape index (κ2) is 5.78. The molecule has 1 aliphatic heterocycles. The molecule has 0 fully saturated rings. The van der Waals surface area contributed by atoms with Gasteiger partial charge in [0.05, 0.1) is 6.20 Å².